The summed E-state index contributed by atoms with van der Waals surface area (Å²) < 4.78 is 0. The van der Waals surface area contributed by atoms with Crippen LogP contribution in [0.4, 0.5) is 0 Å². The molecule has 0 aromatic heterocycles. The fourth-order valence-corrected chi connectivity index (χ4v) is 4.66. The first-order chi connectivity index (χ1) is 14.0. The Bertz CT molecular complexity index is 968. The van der Waals surface area contributed by atoms with Crippen molar-refractivity contribution in [2.45, 2.75) is 58.0 Å². The summed E-state index contributed by atoms with van der Waals surface area (Å²) in [5.74, 6) is -1.15. The molecule has 2 aliphatic rings. The maximum atomic E-state index is 13.1. The summed E-state index contributed by atoms with van der Waals surface area (Å²) in [6.07, 6.45) is 4.83. The molecule has 1 amide bonds. The van der Waals surface area contributed by atoms with E-state index < -0.39 is 17.7 Å². The third-order valence-corrected chi connectivity index (χ3v) is 6.32. The number of carbonyl (C=O) groups is 2. The highest BCUT2D eigenvalue weighted by atomic mass is 16.3. The van der Waals surface area contributed by atoms with Crippen LogP contribution in [-0.4, -0.2) is 27.7 Å². The first kappa shape index (κ1) is 19.4. The second kappa shape index (κ2) is 7.86. The molecule has 1 saturated carbocycles. The number of Topliss-reactive ketones (excluding diaryl/α,β-unsaturated/α-hetero) is 1. The van der Waals surface area contributed by atoms with Crippen molar-refractivity contribution in [2.24, 2.45) is 0 Å². The zero-order chi connectivity index (χ0) is 20.5. The number of carbonyl (C=O) groups excluding carboxylic acids is 2. The monoisotopic (exact) mass is 389 g/mol. The second-order valence-corrected chi connectivity index (χ2v) is 8.05. The van der Waals surface area contributed by atoms with Crippen molar-refractivity contribution in [3.63, 3.8) is 0 Å². The molecule has 1 N–H and O–H groups in total. The molecule has 1 atom stereocenters. The summed E-state index contributed by atoms with van der Waals surface area (Å²) in [5, 5.41) is 11.1. The van der Waals surface area contributed by atoms with E-state index in [2.05, 4.69) is 6.92 Å². The molecule has 1 aliphatic carbocycles. The molecular formula is C25H27NO3. The maximum absolute atomic E-state index is 13.1. The van der Waals surface area contributed by atoms with Gasteiger partial charge < -0.3 is 10.0 Å². The van der Waals surface area contributed by atoms with Gasteiger partial charge in [-0.1, -0.05) is 68.3 Å². The van der Waals surface area contributed by atoms with E-state index in [0.29, 0.717) is 5.56 Å². The Morgan fingerprint density at radius 3 is 2.31 bits per heavy atom. The minimum Gasteiger partial charge on any atom is -0.507 e. The minimum atomic E-state index is -0.581. The maximum Gasteiger partial charge on any atom is 0.295 e. The number of aliphatic hydroxyl groups excluding tert-OH is 1. The number of rotatable bonds is 4. The van der Waals surface area contributed by atoms with Gasteiger partial charge in [-0.05, 0) is 42.9 Å². The van der Waals surface area contributed by atoms with Gasteiger partial charge in [-0.15, -0.1) is 0 Å². The Labute approximate surface area is 171 Å². The molecular weight excluding hydrogens is 362 g/mol. The number of benzene rings is 2. The first-order valence-corrected chi connectivity index (χ1v) is 10.5. The van der Waals surface area contributed by atoms with E-state index in [1.807, 2.05) is 55.5 Å². The van der Waals surface area contributed by atoms with Gasteiger partial charge in [0, 0.05) is 11.6 Å². The van der Waals surface area contributed by atoms with E-state index in [4.69, 9.17) is 0 Å². The van der Waals surface area contributed by atoms with Gasteiger partial charge in [0.2, 0.25) is 0 Å². The summed E-state index contributed by atoms with van der Waals surface area (Å²) >= 11 is 0. The SMILES string of the molecule is CCc1ccc(/C(O)=C2/C(=O)C(=O)N(C3CCCC3)C2c2ccccc2C)cc1. The number of nitrogens with zero attached hydrogens (tertiary/aromatic N) is 1. The molecule has 0 spiro atoms. The van der Waals surface area contributed by atoms with Crippen LogP contribution in [0.25, 0.3) is 5.76 Å². The number of aryl methyl sites for hydroxylation is 2. The minimum absolute atomic E-state index is 0.0452. The van der Waals surface area contributed by atoms with E-state index in [9.17, 15) is 14.7 Å². The number of likely N-dealkylation sites (tertiary alicyclic amines) is 1. The highest BCUT2D eigenvalue weighted by Crippen LogP contribution is 2.44. The Hall–Kier alpha value is -2.88. The lowest BCUT2D eigenvalue weighted by Gasteiger charge is -2.31. The molecule has 4 rings (SSSR count). The van der Waals surface area contributed by atoms with E-state index >= 15 is 0 Å². The van der Waals surface area contributed by atoms with Crippen LogP contribution < -0.4 is 0 Å². The molecule has 29 heavy (non-hydrogen) atoms. The standard InChI is InChI=1S/C25H27NO3/c1-3-17-12-14-18(15-13-17)23(27)21-22(20-11-7-4-8-16(20)2)26(25(29)24(21)28)19-9-5-6-10-19/h4,7-8,11-15,19,22,27H,3,5-6,9-10H2,1-2H3/b23-21-. The number of hydrogen-bond donors (Lipinski definition) is 1. The van der Waals surface area contributed by atoms with E-state index in [1.54, 1.807) is 4.90 Å². The molecule has 0 radical (unpaired) electrons. The zero-order valence-electron chi connectivity index (χ0n) is 17.0. The lowest BCUT2D eigenvalue weighted by Crippen LogP contribution is -2.37. The molecule has 4 heteroatoms. The van der Waals surface area contributed by atoms with Gasteiger partial charge >= 0.3 is 0 Å². The molecule has 4 nitrogen and oxygen atoms in total. The summed E-state index contributed by atoms with van der Waals surface area (Å²) in [5.41, 5.74) is 3.86. The van der Waals surface area contributed by atoms with Gasteiger partial charge in [0.25, 0.3) is 11.7 Å². The summed E-state index contributed by atoms with van der Waals surface area (Å²) in [7, 11) is 0. The predicted octanol–water partition coefficient (Wildman–Crippen LogP) is 4.92. The molecule has 2 aromatic rings. The smallest absolute Gasteiger partial charge is 0.295 e. The first-order valence-electron chi connectivity index (χ1n) is 10.5. The van der Waals surface area contributed by atoms with Crippen LogP contribution >= 0.6 is 0 Å². The third kappa shape index (κ3) is 3.37. The highest BCUT2D eigenvalue weighted by molar-refractivity contribution is 6.46. The van der Waals surface area contributed by atoms with Crippen molar-refractivity contribution in [2.75, 3.05) is 0 Å². The lowest BCUT2D eigenvalue weighted by atomic mass is 9.92. The average molecular weight is 389 g/mol. The Kier molecular flexibility index (Phi) is 5.27. The van der Waals surface area contributed by atoms with Gasteiger partial charge in [-0.25, -0.2) is 0 Å². The normalized spacial score (nSPS) is 21.9. The lowest BCUT2D eigenvalue weighted by molar-refractivity contribution is -0.141. The van der Waals surface area contributed by atoms with Gasteiger partial charge in [0.1, 0.15) is 5.76 Å². The number of hydrogen-bond acceptors (Lipinski definition) is 3. The number of aliphatic hydroxyl groups is 1. The molecule has 1 aliphatic heterocycles. The molecule has 150 valence electrons. The van der Waals surface area contributed by atoms with Crippen LogP contribution in [0.15, 0.2) is 54.1 Å². The molecule has 2 aromatic carbocycles. The summed E-state index contributed by atoms with van der Waals surface area (Å²) in [6, 6.07) is 14.9. The number of amides is 1. The van der Waals surface area contributed by atoms with Crippen molar-refractivity contribution >= 4 is 17.4 Å². The topological polar surface area (TPSA) is 57.6 Å². The third-order valence-electron chi connectivity index (χ3n) is 6.32. The Balaban J connectivity index is 1.88. The highest BCUT2D eigenvalue weighted by Gasteiger charge is 2.49. The molecule has 1 heterocycles. The van der Waals surface area contributed by atoms with E-state index in [1.165, 1.54) is 0 Å². The van der Waals surface area contributed by atoms with E-state index in [-0.39, 0.29) is 17.4 Å². The molecule has 0 bridgehead atoms. The largest absolute Gasteiger partial charge is 0.507 e. The summed E-state index contributed by atoms with van der Waals surface area (Å²) in [4.78, 5) is 27.9. The van der Waals surface area contributed by atoms with Crippen LogP contribution in [0.1, 0.15) is 60.9 Å². The van der Waals surface area contributed by atoms with E-state index in [0.717, 1.165) is 48.8 Å². The zero-order valence-corrected chi connectivity index (χ0v) is 17.0. The van der Waals surface area contributed by atoms with Crippen molar-refractivity contribution in [1.82, 2.24) is 4.90 Å². The van der Waals surface area contributed by atoms with Gasteiger partial charge in [0.15, 0.2) is 0 Å². The molecule has 1 unspecified atom stereocenters. The predicted molar refractivity (Wildman–Crippen MR) is 113 cm³/mol. The van der Waals surface area contributed by atoms with Crippen molar-refractivity contribution in [3.8, 4) is 0 Å². The van der Waals surface area contributed by atoms with Crippen LogP contribution in [-0.2, 0) is 16.0 Å². The van der Waals surface area contributed by atoms with Crippen LogP contribution in [0.5, 0.6) is 0 Å². The van der Waals surface area contributed by atoms with Crippen molar-refractivity contribution < 1.29 is 14.7 Å². The molecule has 2 fully saturated rings. The molecule has 1 saturated heterocycles. The Morgan fingerprint density at radius 2 is 1.69 bits per heavy atom. The van der Waals surface area contributed by atoms with Crippen molar-refractivity contribution in [1.29, 1.82) is 0 Å². The van der Waals surface area contributed by atoms with Crippen LogP contribution in [0, 0.1) is 6.92 Å². The second-order valence-electron chi connectivity index (χ2n) is 8.05. The van der Waals surface area contributed by atoms with Crippen LogP contribution in [0.2, 0.25) is 0 Å². The van der Waals surface area contributed by atoms with Crippen LogP contribution in [0.3, 0.4) is 0 Å². The fourth-order valence-electron chi connectivity index (χ4n) is 4.66. The van der Waals surface area contributed by atoms with Crippen molar-refractivity contribution in [3.05, 3.63) is 76.4 Å². The average Bonchev–Trinajstić information content (AvgIpc) is 3.35. The van der Waals surface area contributed by atoms with Gasteiger partial charge in [-0.3, -0.25) is 9.59 Å². The number of ketones is 1. The quantitative estimate of drug-likeness (QED) is 0.459. The van der Waals surface area contributed by atoms with Gasteiger partial charge in [-0.2, -0.15) is 0 Å². The fraction of sp³-hybridized carbons (Fsp3) is 0.360. The van der Waals surface area contributed by atoms with Gasteiger partial charge in [0.05, 0.1) is 11.6 Å². The summed E-state index contributed by atoms with van der Waals surface area (Å²) in [6.45, 7) is 4.06. The Morgan fingerprint density at radius 1 is 1.03 bits per heavy atom.